The minimum Gasteiger partial charge on any atom is -0.342 e. The Bertz CT molecular complexity index is 899. The van der Waals surface area contributed by atoms with E-state index < -0.39 is 23.0 Å². The Labute approximate surface area is 156 Å². The highest BCUT2D eigenvalue weighted by Crippen LogP contribution is 2.33. The molecular formula is C17H17BrF2N4O2. The standard InChI is InChI=1S/C17H17BrF2N4O2/c18-11-6-12(19)15(13(20)7-11)24-14(21-22-17(24)26)5-9-3-4-23(8-9)16(25)10-1-2-10/h6-7,9-10H,1-5,8H2,(H,22,26)/t9-/m0/s1. The molecule has 0 radical (unpaired) electrons. The second kappa shape index (κ2) is 6.61. The molecule has 1 N–H and O–H groups in total. The topological polar surface area (TPSA) is 71.0 Å². The Kier molecular flexibility index (Phi) is 4.42. The van der Waals surface area contributed by atoms with Crippen LogP contribution in [0.2, 0.25) is 0 Å². The van der Waals surface area contributed by atoms with Crippen LogP contribution in [0.5, 0.6) is 0 Å². The maximum absolute atomic E-state index is 14.3. The van der Waals surface area contributed by atoms with Gasteiger partial charge in [0.25, 0.3) is 0 Å². The van der Waals surface area contributed by atoms with Gasteiger partial charge in [-0.2, -0.15) is 5.10 Å². The molecule has 1 aliphatic carbocycles. The lowest BCUT2D eigenvalue weighted by atomic mass is 10.0. The summed E-state index contributed by atoms with van der Waals surface area (Å²) in [6.07, 6.45) is 3.06. The van der Waals surface area contributed by atoms with Gasteiger partial charge in [-0.05, 0) is 37.3 Å². The second-order valence-electron chi connectivity index (χ2n) is 6.92. The first-order chi connectivity index (χ1) is 12.4. The number of carbonyl (C=O) groups excluding carboxylic acids is 1. The zero-order valence-corrected chi connectivity index (χ0v) is 15.4. The summed E-state index contributed by atoms with van der Waals surface area (Å²) in [5, 5.41) is 6.23. The molecule has 0 unspecified atom stereocenters. The van der Waals surface area contributed by atoms with Crippen molar-refractivity contribution in [3.05, 3.63) is 44.5 Å². The van der Waals surface area contributed by atoms with Crippen molar-refractivity contribution in [2.75, 3.05) is 13.1 Å². The van der Waals surface area contributed by atoms with Crippen molar-refractivity contribution in [2.24, 2.45) is 11.8 Å². The van der Waals surface area contributed by atoms with E-state index in [1.807, 2.05) is 4.90 Å². The van der Waals surface area contributed by atoms with E-state index in [1.54, 1.807) is 0 Å². The zero-order chi connectivity index (χ0) is 18.4. The first-order valence-electron chi connectivity index (χ1n) is 8.54. The molecular weight excluding hydrogens is 410 g/mol. The zero-order valence-electron chi connectivity index (χ0n) is 13.8. The van der Waals surface area contributed by atoms with Crippen LogP contribution in [0.3, 0.4) is 0 Å². The highest BCUT2D eigenvalue weighted by atomic mass is 79.9. The molecule has 1 atom stereocenters. The van der Waals surface area contributed by atoms with Crippen LogP contribution >= 0.6 is 15.9 Å². The number of hydrogen-bond donors (Lipinski definition) is 1. The summed E-state index contributed by atoms with van der Waals surface area (Å²) in [5.74, 6) is -0.966. The van der Waals surface area contributed by atoms with Crippen molar-refractivity contribution in [1.82, 2.24) is 19.7 Å². The molecule has 26 heavy (non-hydrogen) atoms. The number of carbonyl (C=O) groups is 1. The fourth-order valence-corrected chi connectivity index (χ4v) is 3.89. The SMILES string of the molecule is O=C(C1CC1)N1CC[C@@H](Cc2n[nH]c(=O)n2-c2c(F)cc(Br)cc2F)C1. The maximum Gasteiger partial charge on any atom is 0.348 e. The molecule has 1 saturated heterocycles. The van der Waals surface area contributed by atoms with Crippen molar-refractivity contribution in [3.63, 3.8) is 0 Å². The van der Waals surface area contributed by atoms with Gasteiger partial charge >= 0.3 is 5.69 Å². The van der Waals surface area contributed by atoms with Crippen molar-refractivity contribution < 1.29 is 13.6 Å². The Balaban J connectivity index is 1.58. The number of aromatic amines is 1. The monoisotopic (exact) mass is 426 g/mol. The maximum atomic E-state index is 14.3. The van der Waals surface area contributed by atoms with Crippen LogP contribution in [-0.4, -0.2) is 38.7 Å². The van der Waals surface area contributed by atoms with E-state index in [4.69, 9.17) is 0 Å². The summed E-state index contributed by atoms with van der Waals surface area (Å²) in [4.78, 5) is 26.1. The van der Waals surface area contributed by atoms with E-state index in [9.17, 15) is 18.4 Å². The molecule has 0 spiro atoms. The number of hydrogen-bond acceptors (Lipinski definition) is 3. The lowest BCUT2D eigenvalue weighted by molar-refractivity contribution is -0.131. The van der Waals surface area contributed by atoms with Crippen LogP contribution in [0.4, 0.5) is 8.78 Å². The predicted octanol–water partition coefficient (Wildman–Crippen LogP) is 2.40. The van der Waals surface area contributed by atoms with E-state index >= 15 is 0 Å². The smallest absolute Gasteiger partial charge is 0.342 e. The van der Waals surface area contributed by atoms with Gasteiger partial charge in [-0.1, -0.05) is 15.9 Å². The molecule has 2 heterocycles. The summed E-state index contributed by atoms with van der Waals surface area (Å²) in [7, 11) is 0. The third kappa shape index (κ3) is 3.20. The number of rotatable bonds is 4. The van der Waals surface area contributed by atoms with Gasteiger partial charge in [-0.15, -0.1) is 0 Å². The van der Waals surface area contributed by atoms with Gasteiger partial charge in [0.1, 0.15) is 11.5 Å². The summed E-state index contributed by atoms with van der Waals surface area (Å²) >= 11 is 3.03. The quantitative estimate of drug-likeness (QED) is 0.815. The highest BCUT2D eigenvalue weighted by Gasteiger charge is 2.37. The Morgan fingerprint density at radius 2 is 1.96 bits per heavy atom. The second-order valence-corrected chi connectivity index (χ2v) is 7.83. The number of likely N-dealkylation sites (tertiary alicyclic amines) is 1. The van der Waals surface area contributed by atoms with Gasteiger partial charge in [0, 0.05) is 29.9 Å². The van der Waals surface area contributed by atoms with Gasteiger partial charge in [-0.3, -0.25) is 4.79 Å². The lowest BCUT2D eigenvalue weighted by Crippen LogP contribution is -2.30. The average molecular weight is 427 g/mol. The van der Waals surface area contributed by atoms with Crippen LogP contribution < -0.4 is 5.69 Å². The van der Waals surface area contributed by atoms with Gasteiger partial charge < -0.3 is 4.90 Å². The molecule has 2 fully saturated rings. The molecule has 9 heteroatoms. The fourth-order valence-electron chi connectivity index (χ4n) is 3.49. The van der Waals surface area contributed by atoms with Crippen molar-refractivity contribution in [2.45, 2.75) is 25.7 Å². The average Bonchev–Trinajstić information content (AvgIpc) is 3.23. The summed E-state index contributed by atoms with van der Waals surface area (Å²) in [6.45, 7) is 1.26. The highest BCUT2D eigenvalue weighted by molar-refractivity contribution is 9.10. The summed E-state index contributed by atoms with van der Waals surface area (Å²) in [5.41, 5.74) is -1.13. The molecule has 4 rings (SSSR count). The normalized spacial score (nSPS) is 20.0. The van der Waals surface area contributed by atoms with Gasteiger partial charge in [0.15, 0.2) is 11.6 Å². The van der Waals surface area contributed by atoms with Gasteiger partial charge in [0.05, 0.1) is 0 Å². The molecule has 1 aromatic heterocycles. The van der Waals surface area contributed by atoms with E-state index in [0.717, 1.165) is 36.0 Å². The van der Waals surface area contributed by atoms with Crippen LogP contribution in [0.1, 0.15) is 25.1 Å². The number of aromatic nitrogens is 3. The van der Waals surface area contributed by atoms with Crippen LogP contribution in [-0.2, 0) is 11.2 Å². The minimum absolute atomic E-state index is 0.105. The van der Waals surface area contributed by atoms with Crippen LogP contribution in [0.25, 0.3) is 5.69 Å². The number of nitrogens with zero attached hydrogens (tertiary/aromatic N) is 3. The van der Waals surface area contributed by atoms with Crippen molar-refractivity contribution >= 4 is 21.8 Å². The van der Waals surface area contributed by atoms with Crippen LogP contribution in [0.15, 0.2) is 21.4 Å². The van der Waals surface area contributed by atoms with E-state index in [1.165, 1.54) is 0 Å². The van der Waals surface area contributed by atoms with E-state index in [-0.39, 0.29) is 28.0 Å². The third-order valence-electron chi connectivity index (χ3n) is 4.94. The first-order valence-corrected chi connectivity index (χ1v) is 9.33. The number of halogens is 3. The van der Waals surface area contributed by atoms with Gasteiger partial charge in [0.2, 0.25) is 5.91 Å². The molecule has 1 saturated carbocycles. The minimum atomic E-state index is -0.849. The van der Waals surface area contributed by atoms with Crippen LogP contribution in [0, 0.1) is 23.5 Å². The van der Waals surface area contributed by atoms with E-state index in [0.29, 0.717) is 19.5 Å². The van der Waals surface area contributed by atoms with E-state index in [2.05, 4.69) is 26.1 Å². The number of amides is 1. The summed E-state index contributed by atoms with van der Waals surface area (Å²) < 4.78 is 29.8. The predicted molar refractivity (Wildman–Crippen MR) is 92.9 cm³/mol. The number of H-pyrrole nitrogens is 1. The Morgan fingerprint density at radius 1 is 1.27 bits per heavy atom. The molecule has 2 aliphatic rings. The Morgan fingerprint density at radius 3 is 2.62 bits per heavy atom. The summed E-state index contributed by atoms with van der Waals surface area (Å²) in [6, 6.07) is 2.21. The van der Waals surface area contributed by atoms with Gasteiger partial charge in [-0.25, -0.2) is 23.2 Å². The molecule has 1 aliphatic heterocycles. The molecule has 1 amide bonds. The molecule has 0 bridgehead atoms. The number of benzene rings is 1. The molecule has 6 nitrogen and oxygen atoms in total. The molecule has 2 aromatic rings. The van der Waals surface area contributed by atoms with Crippen molar-refractivity contribution in [3.8, 4) is 5.69 Å². The lowest BCUT2D eigenvalue weighted by Gasteiger charge is -2.16. The molecule has 1 aromatic carbocycles. The number of nitrogens with one attached hydrogen (secondary N) is 1. The Hall–Kier alpha value is -2.03. The first kappa shape index (κ1) is 17.4. The molecule has 138 valence electrons. The third-order valence-corrected chi connectivity index (χ3v) is 5.40. The fraction of sp³-hybridized carbons (Fsp3) is 0.471. The largest absolute Gasteiger partial charge is 0.348 e. The van der Waals surface area contributed by atoms with Crippen molar-refractivity contribution in [1.29, 1.82) is 0 Å².